The number of Topliss-reactive ketones (excluding diaryl/α,β-unsaturated/α-hetero) is 2. The van der Waals surface area contributed by atoms with Gasteiger partial charge in [-0.1, -0.05) is 45.3 Å². The number of fused-ring (bicyclic) bond motifs is 2. The minimum Gasteiger partial charge on any atom is -0.445 e. The summed E-state index contributed by atoms with van der Waals surface area (Å²) in [5, 5.41) is 6.78. The fourth-order valence-corrected chi connectivity index (χ4v) is 4.82. The van der Waals surface area contributed by atoms with Crippen molar-refractivity contribution in [3.8, 4) is 0 Å². The summed E-state index contributed by atoms with van der Waals surface area (Å²) in [6.07, 6.45) is 9.99. The number of ether oxygens (including phenoxy) is 1. The third-order valence-corrected chi connectivity index (χ3v) is 6.60. The molecule has 0 saturated carbocycles. The van der Waals surface area contributed by atoms with Crippen molar-refractivity contribution in [2.24, 2.45) is 5.92 Å². The van der Waals surface area contributed by atoms with Crippen LogP contribution in [-0.2, 0) is 14.3 Å². The van der Waals surface area contributed by atoms with Gasteiger partial charge >= 0.3 is 6.09 Å². The Morgan fingerprint density at radius 1 is 1.09 bits per heavy atom. The molecule has 2 bridgehead atoms. The first-order valence-electron chi connectivity index (χ1n) is 12.3. The molecule has 1 saturated heterocycles. The third kappa shape index (κ3) is 7.14. The van der Waals surface area contributed by atoms with Crippen molar-refractivity contribution in [3.05, 3.63) is 12.2 Å². The maximum atomic E-state index is 13.4. The lowest BCUT2D eigenvalue weighted by Gasteiger charge is -2.35. The van der Waals surface area contributed by atoms with Crippen molar-refractivity contribution in [1.82, 2.24) is 15.5 Å². The molecule has 0 aromatic heterocycles. The van der Waals surface area contributed by atoms with E-state index in [1.54, 1.807) is 4.90 Å². The molecule has 32 heavy (non-hydrogen) atoms. The zero-order valence-electron chi connectivity index (χ0n) is 20.7. The second kappa shape index (κ2) is 11.9. The van der Waals surface area contributed by atoms with E-state index in [1.165, 1.54) is 0 Å². The Hall–Kier alpha value is -1.73. The van der Waals surface area contributed by atoms with Gasteiger partial charge in [-0.15, -0.1) is 0 Å². The van der Waals surface area contributed by atoms with Gasteiger partial charge in [0.15, 0.2) is 11.6 Å². The van der Waals surface area contributed by atoms with Crippen LogP contribution >= 0.6 is 0 Å². The van der Waals surface area contributed by atoms with Crippen LogP contribution in [0.15, 0.2) is 12.2 Å². The molecule has 0 aromatic rings. The Bertz CT molecular complexity index is 691. The largest absolute Gasteiger partial charge is 0.445 e. The molecule has 2 aliphatic heterocycles. The highest BCUT2D eigenvalue weighted by molar-refractivity contribution is 5.94. The summed E-state index contributed by atoms with van der Waals surface area (Å²) in [5.41, 5.74) is -1.56. The van der Waals surface area contributed by atoms with E-state index in [0.29, 0.717) is 13.0 Å². The van der Waals surface area contributed by atoms with Gasteiger partial charge in [0.1, 0.15) is 6.61 Å². The van der Waals surface area contributed by atoms with Gasteiger partial charge in [0.25, 0.3) is 0 Å². The fourth-order valence-electron chi connectivity index (χ4n) is 4.82. The first-order valence-corrected chi connectivity index (χ1v) is 12.3. The molecule has 0 spiro atoms. The number of allylic oxidation sites excluding steroid dienone is 1. The van der Waals surface area contributed by atoms with E-state index in [2.05, 4.69) is 16.7 Å². The molecule has 7 heteroatoms. The van der Waals surface area contributed by atoms with Crippen molar-refractivity contribution in [2.45, 2.75) is 96.7 Å². The van der Waals surface area contributed by atoms with E-state index in [9.17, 15) is 14.4 Å². The van der Waals surface area contributed by atoms with Gasteiger partial charge in [-0.25, -0.2) is 4.79 Å². The summed E-state index contributed by atoms with van der Waals surface area (Å²) < 4.78 is 5.38. The molecule has 0 radical (unpaired) electrons. The molecule has 2 heterocycles. The Balaban J connectivity index is 2.24. The summed E-state index contributed by atoms with van der Waals surface area (Å²) in [6.45, 7) is 10.8. The molecule has 2 N–H and O–H groups in total. The average molecular weight is 450 g/mol. The number of carbonyl (C=O) groups excluding carboxylic acids is 3. The Morgan fingerprint density at radius 3 is 2.50 bits per heavy atom. The quantitative estimate of drug-likeness (QED) is 0.638. The van der Waals surface area contributed by atoms with Gasteiger partial charge < -0.3 is 15.0 Å². The highest BCUT2D eigenvalue weighted by atomic mass is 16.6. The van der Waals surface area contributed by atoms with E-state index in [4.69, 9.17) is 4.74 Å². The normalized spacial score (nSPS) is 29.2. The Morgan fingerprint density at radius 2 is 1.81 bits per heavy atom. The lowest BCUT2D eigenvalue weighted by Crippen LogP contribution is -2.61. The number of nitrogens with one attached hydrogen (secondary N) is 2. The number of rotatable bonds is 4. The molecule has 2 aliphatic rings. The predicted molar refractivity (Wildman–Crippen MR) is 127 cm³/mol. The van der Waals surface area contributed by atoms with Gasteiger partial charge in [0.2, 0.25) is 0 Å². The number of nitrogens with zero attached hydrogens (tertiary/aromatic N) is 1. The minimum absolute atomic E-state index is 0.0356. The molecule has 0 aliphatic carbocycles. The van der Waals surface area contributed by atoms with Crippen LogP contribution in [0.5, 0.6) is 0 Å². The molecule has 182 valence electrons. The van der Waals surface area contributed by atoms with Gasteiger partial charge in [-0.3, -0.25) is 14.9 Å². The molecular formula is C25H43N3O4. The first-order chi connectivity index (χ1) is 15.1. The molecule has 1 fully saturated rings. The fraction of sp³-hybridized carbons (Fsp3) is 0.800. The minimum atomic E-state index is -0.914. The second-order valence-electron chi connectivity index (χ2n) is 10.2. The number of amides is 1. The van der Waals surface area contributed by atoms with Crippen molar-refractivity contribution >= 4 is 17.7 Å². The van der Waals surface area contributed by atoms with Crippen LogP contribution in [0.2, 0.25) is 0 Å². The highest BCUT2D eigenvalue weighted by Crippen LogP contribution is 2.27. The summed E-state index contributed by atoms with van der Waals surface area (Å²) in [5.74, 6) is -0.102. The van der Waals surface area contributed by atoms with Crippen LogP contribution in [-0.4, -0.2) is 65.9 Å². The molecule has 2 rings (SSSR count). The third-order valence-electron chi connectivity index (χ3n) is 6.60. The standard InChI is InChI=1S/C25H43N3O4/c1-19(2)22(30)25-14-15-28(18-25)23(31)32-16-12-10-8-6-7-9-11-13-24(5,27-20(3)4)21(29)17-26-25/h10,12,19-20,26-27H,6-9,11,13-18H2,1-5H3/t24-,25+/m1/s1. The van der Waals surface area contributed by atoms with Crippen LogP contribution in [0.1, 0.15) is 79.6 Å². The smallest absolute Gasteiger partial charge is 0.410 e. The van der Waals surface area contributed by atoms with E-state index in [-0.39, 0.29) is 43.2 Å². The summed E-state index contributed by atoms with van der Waals surface area (Å²) in [4.78, 5) is 40.7. The zero-order valence-corrected chi connectivity index (χ0v) is 20.7. The van der Waals surface area contributed by atoms with Crippen molar-refractivity contribution < 1.29 is 19.1 Å². The lowest BCUT2D eigenvalue weighted by molar-refractivity contribution is -0.129. The van der Waals surface area contributed by atoms with Crippen molar-refractivity contribution in [3.63, 3.8) is 0 Å². The van der Waals surface area contributed by atoms with Crippen LogP contribution in [0.25, 0.3) is 0 Å². The van der Waals surface area contributed by atoms with Gasteiger partial charge in [0, 0.05) is 25.0 Å². The summed E-state index contributed by atoms with van der Waals surface area (Å²) in [6, 6.07) is 0.176. The van der Waals surface area contributed by atoms with Crippen molar-refractivity contribution in [1.29, 1.82) is 0 Å². The van der Waals surface area contributed by atoms with Crippen molar-refractivity contribution in [2.75, 3.05) is 26.2 Å². The number of cyclic esters (lactones) is 1. The van der Waals surface area contributed by atoms with E-state index < -0.39 is 17.2 Å². The Kier molecular flexibility index (Phi) is 9.89. The Labute approximate surface area is 193 Å². The van der Waals surface area contributed by atoms with Gasteiger partial charge in [0.05, 0.1) is 17.6 Å². The van der Waals surface area contributed by atoms with Crippen LogP contribution in [0.3, 0.4) is 0 Å². The number of ketones is 2. The number of hydrogen-bond acceptors (Lipinski definition) is 6. The molecule has 1 amide bonds. The molecule has 7 nitrogen and oxygen atoms in total. The van der Waals surface area contributed by atoms with E-state index in [0.717, 1.165) is 38.5 Å². The first kappa shape index (κ1) is 26.5. The van der Waals surface area contributed by atoms with Crippen LogP contribution < -0.4 is 10.6 Å². The maximum absolute atomic E-state index is 13.4. The molecule has 0 unspecified atom stereocenters. The second-order valence-corrected chi connectivity index (χ2v) is 10.2. The van der Waals surface area contributed by atoms with Crippen LogP contribution in [0, 0.1) is 5.92 Å². The van der Waals surface area contributed by atoms with Gasteiger partial charge in [-0.2, -0.15) is 0 Å². The van der Waals surface area contributed by atoms with Crippen LogP contribution in [0.4, 0.5) is 4.79 Å². The molecule has 0 aromatic carbocycles. The number of carbonyl (C=O) groups is 3. The van der Waals surface area contributed by atoms with Gasteiger partial charge in [-0.05, 0) is 46.5 Å². The summed E-state index contributed by atoms with van der Waals surface area (Å²) in [7, 11) is 0. The number of hydrogen-bond donors (Lipinski definition) is 2. The van der Waals surface area contributed by atoms with E-state index in [1.807, 2.05) is 40.7 Å². The predicted octanol–water partition coefficient (Wildman–Crippen LogP) is 3.62. The SMILES string of the molecule is CC(C)N[C@]1(C)CCCCCCC=CCOC(=O)N2CC[C@@](C(=O)C(C)C)(C2)NCC1=O. The topological polar surface area (TPSA) is 87.7 Å². The lowest BCUT2D eigenvalue weighted by atomic mass is 9.84. The molecule has 2 atom stereocenters. The maximum Gasteiger partial charge on any atom is 0.410 e. The summed E-state index contributed by atoms with van der Waals surface area (Å²) >= 11 is 0. The van der Waals surface area contributed by atoms with E-state index >= 15 is 0 Å². The average Bonchev–Trinajstić information content (AvgIpc) is 3.17. The highest BCUT2D eigenvalue weighted by Gasteiger charge is 2.47. The molecular weight excluding hydrogens is 406 g/mol. The monoisotopic (exact) mass is 449 g/mol. The zero-order chi connectivity index (χ0) is 23.8.